The Morgan fingerprint density at radius 1 is 1.38 bits per heavy atom. The summed E-state index contributed by atoms with van der Waals surface area (Å²) in [7, 11) is -2.18. The summed E-state index contributed by atoms with van der Waals surface area (Å²) in [4.78, 5) is 18.0. The van der Waals surface area contributed by atoms with Crippen LogP contribution < -0.4 is 9.62 Å². The second-order valence-electron chi connectivity index (χ2n) is 6.06. The van der Waals surface area contributed by atoms with Gasteiger partial charge in [-0.2, -0.15) is 15.1 Å². The molecular formula is C16H18N6O3S. The number of sulfonamides is 1. The molecule has 0 bridgehead atoms. The monoisotopic (exact) mass is 374 g/mol. The molecule has 2 aromatic heterocycles. The molecule has 1 unspecified atom stereocenters. The quantitative estimate of drug-likeness (QED) is 0.830. The number of hydrogen-bond acceptors (Lipinski definition) is 6. The van der Waals surface area contributed by atoms with E-state index in [0.29, 0.717) is 25.2 Å². The molecule has 1 fully saturated rings. The number of hydrogen-bond donors (Lipinski definition) is 1. The minimum atomic E-state index is -3.92. The van der Waals surface area contributed by atoms with E-state index in [-0.39, 0.29) is 16.5 Å². The molecule has 0 radical (unpaired) electrons. The topological polar surface area (TPSA) is 121 Å². The fraction of sp³-hybridized carbons (Fsp3) is 0.375. The third-order valence-corrected chi connectivity index (χ3v) is 5.61. The van der Waals surface area contributed by atoms with E-state index in [1.165, 1.54) is 12.1 Å². The second-order valence-corrected chi connectivity index (χ2v) is 7.78. The van der Waals surface area contributed by atoms with Crippen molar-refractivity contribution in [3.8, 4) is 6.07 Å². The summed E-state index contributed by atoms with van der Waals surface area (Å²) in [5.74, 6) is 0.320. The molecule has 0 aromatic carbocycles. The van der Waals surface area contributed by atoms with Gasteiger partial charge in [-0.15, -0.1) is 0 Å². The van der Waals surface area contributed by atoms with E-state index in [0.717, 1.165) is 11.9 Å². The predicted octanol–water partition coefficient (Wildman–Crippen LogP) is 0.469. The van der Waals surface area contributed by atoms with Crippen LogP contribution in [0.15, 0.2) is 29.3 Å². The number of carbonyl (C=O) groups is 1. The van der Waals surface area contributed by atoms with Gasteiger partial charge in [0.25, 0.3) is 0 Å². The van der Waals surface area contributed by atoms with Gasteiger partial charge in [-0.1, -0.05) is 0 Å². The summed E-state index contributed by atoms with van der Waals surface area (Å²) < 4.78 is 29.1. The molecule has 1 N–H and O–H groups in total. The first-order chi connectivity index (χ1) is 12.3. The van der Waals surface area contributed by atoms with Crippen LogP contribution in [0.4, 0.5) is 5.82 Å². The van der Waals surface area contributed by atoms with Crippen molar-refractivity contribution in [1.82, 2.24) is 19.5 Å². The number of nitriles is 1. The number of pyridine rings is 1. The van der Waals surface area contributed by atoms with Gasteiger partial charge in [0, 0.05) is 25.9 Å². The van der Waals surface area contributed by atoms with Gasteiger partial charge >= 0.3 is 0 Å². The first-order valence-corrected chi connectivity index (χ1v) is 9.50. The number of piperidine rings is 1. The third-order valence-electron chi connectivity index (χ3n) is 4.15. The average Bonchev–Trinajstić information content (AvgIpc) is 2.95. The summed E-state index contributed by atoms with van der Waals surface area (Å²) in [5, 5.41) is 13.0. The molecule has 3 heterocycles. The first kappa shape index (κ1) is 18.0. The molecule has 9 nitrogen and oxygen atoms in total. The highest BCUT2D eigenvalue weighted by atomic mass is 32.2. The maximum Gasteiger partial charge on any atom is 0.246 e. The summed E-state index contributed by atoms with van der Waals surface area (Å²) >= 11 is 0. The van der Waals surface area contributed by atoms with Crippen LogP contribution in [0.25, 0.3) is 0 Å². The summed E-state index contributed by atoms with van der Waals surface area (Å²) in [6, 6.07) is 5.38. The Morgan fingerprint density at radius 3 is 2.73 bits per heavy atom. The molecular weight excluding hydrogens is 356 g/mol. The zero-order valence-electron chi connectivity index (χ0n) is 14.4. The lowest BCUT2D eigenvalue weighted by molar-refractivity contribution is -0.121. The molecule has 136 valence electrons. The molecule has 0 aliphatic carbocycles. The van der Waals surface area contributed by atoms with Gasteiger partial charge in [0.2, 0.25) is 15.9 Å². The maximum absolute atomic E-state index is 12.8. The SMILES string of the molecule is Cc1cc(N2CCCC(NS(=O)(=O)c3ccc(C#N)nc3)C2=O)n(C)n1. The van der Waals surface area contributed by atoms with E-state index in [1.54, 1.807) is 22.7 Å². The largest absolute Gasteiger partial charge is 0.296 e. The highest BCUT2D eigenvalue weighted by Gasteiger charge is 2.34. The van der Waals surface area contributed by atoms with Gasteiger partial charge in [0.05, 0.1) is 5.69 Å². The van der Waals surface area contributed by atoms with Crippen LogP contribution in [-0.4, -0.2) is 41.7 Å². The number of anilines is 1. The highest BCUT2D eigenvalue weighted by molar-refractivity contribution is 7.89. The van der Waals surface area contributed by atoms with E-state index in [2.05, 4.69) is 14.8 Å². The van der Waals surface area contributed by atoms with Gasteiger partial charge in [-0.3, -0.25) is 14.4 Å². The summed E-state index contributed by atoms with van der Waals surface area (Å²) in [5.41, 5.74) is 0.900. The maximum atomic E-state index is 12.8. The number of nitrogens with one attached hydrogen (secondary N) is 1. The fourth-order valence-corrected chi connectivity index (χ4v) is 4.09. The minimum absolute atomic E-state index is 0.0854. The molecule has 1 amide bonds. The number of rotatable bonds is 4. The van der Waals surface area contributed by atoms with Gasteiger partial charge in [0.1, 0.15) is 28.5 Å². The van der Waals surface area contributed by atoms with Crippen molar-refractivity contribution in [2.45, 2.75) is 30.7 Å². The second kappa shape index (κ2) is 6.86. The smallest absolute Gasteiger partial charge is 0.246 e. The van der Waals surface area contributed by atoms with Crippen molar-refractivity contribution >= 4 is 21.7 Å². The standard InChI is InChI=1S/C16H18N6O3S/c1-11-8-15(21(2)19-11)22-7-3-4-14(16(22)23)20-26(24,25)13-6-5-12(9-17)18-10-13/h5-6,8,10,14,20H,3-4,7H2,1-2H3. The van der Waals surface area contributed by atoms with Crippen LogP contribution in [0.2, 0.25) is 0 Å². The van der Waals surface area contributed by atoms with Crippen LogP contribution in [0.3, 0.4) is 0 Å². The lowest BCUT2D eigenvalue weighted by atomic mass is 10.1. The van der Waals surface area contributed by atoms with Gasteiger partial charge < -0.3 is 0 Å². The Labute approximate surface area is 151 Å². The molecule has 10 heteroatoms. The van der Waals surface area contributed by atoms with Crippen molar-refractivity contribution in [2.75, 3.05) is 11.4 Å². The van der Waals surface area contributed by atoms with E-state index in [4.69, 9.17) is 5.26 Å². The molecule has 26 heavy (non-hydrogen) atoms. The van der Waals surface area contributed by atoms with Crippen LogP contribution >= 0.6 is 0 Å². The minimum Gasteiger partial charge on any atom is -0.296 e. The van der Waals surface area contributed by atoms with Gasteiger partial charge in [-0.05, 0) is 31.9 Å². The molecule has 1 aliphatic rings. The normalized spacial score (nSPS) is 18.0. The lowest BCUT2D eigenvalue weighted by Crippen LogP contribution is -2.52. The Balaban J connectivity index is 1.81. The molecule has 1 aliphatic heterocycles. The molecule has 0 spiro atoms. The van der Waals surface area contributed by atoms with Gasteiger partial charge in [0.15, 0.2) is 0 Å². The number of amides is 1. The van der Waals surface area contributed by atoms with E-state index < -0.39 is 16.1 Å². The lowest BCUT2D eigenvalue weighted by Gasteiger charge is -2.32. The van der Waals surface area contributed by atoms with Crippen molar-refractivity contribution < 1.29 is 13.2 Å². The highest BCUT2D eigenvalue weighted by Crippen LogP contribution is 2.22. The number of aryl methyl sites for hydroxylation is 2. The van der Waals surface area contributed by atoms with Crippen molar-refractivity contribution in [1.29, 1.82) is 5.26 Å². The molecule has 3 rings (SSSR count). The number of carbonyl (C=O) groups excluding carboxylic acids is 1. The Bertz CT molecular complexity index is 974. The van der Waals surface area contributed by atoms with Gasteiger partial charge in [-0.25, -0.2) is 13.4 Å². The van der Waals surface area contributed by atoms with Crippen molar-refractivity contribution in [2.24, 2.45) is 7.05 Å². The summed E-state index contributed by atoms with van der Waals surface area (Å²) in [6.07, 6.45) is 2.18. The molecule has 1 atom stereocenters. The Hall–Kier alpha value is -2.77. The zero-order chi connectivity index (χ0) is 18.9. The Kier molecular flexibility index (Phi) is 4.76. The van der Waals surface area contributed by atoms with Crippen molar-refractivity contribution in [3.05, 3.63) is 35.8 Å². The van der Waals surface area contributed by atoms with Crippen molar-refractivity contribution in [3.63, 3.8) is 0 Å². The molecule has 1 saturated heterocycles. The number of aromatic nitrogens is 3. The average molecular weight is 374 g/mol. The molecule has 0 saturated carbocycles. The Morgan fingerprint density at radius 2 is 2.15 bits per heavy atom. The van der Waals surface area contributed by atoms with E-state index in [1.807, 2.05) is 13.0 Å². The van der Waals surface area contributed by atoms with Crippen LogP contribution in [0.5, 0.6) is 0 Å². The van der Waals surface area contributed by atoms with E-state index >= 15 is 0 Å². The van der Waals surface area contributed by atoms with Crippen LogP contribution in [-0.2, 0) is 21.9 Å². The van der Waals surface area contributed by atoms with Crippen LogP contribution in [0, 0.1) is 18.3 Å². The van der Waals surface area contributed by atoms with Crippen LogP contribution in [0.1, 0.15) is 24.2 Å². The first-order valence-electron chi connectivity index (χ1n) is 8.02. The zero-order valence-corrected chi connectivity index (χ0v) is 15.2. The number of nitrogens with zero attached hydrogens (tertiary/aromatic N) is 5. The summed E-state index contributed by atoms with van der Waals surface area (Å²) in [6.45, 7) is 2.34. The van der Waals surface area contributed by atoms with E-state index in [9.17, 15) is 13.2 Å². The predicted molar refractivity (Wildman–Crippen MR) is 92.6 cm³/mol. The molecule has 2 aromatic rings. The fourth-order valence-electron chi connectivity index (χ4n) is 2.92. The third kappa shape index (κ3) is 3.44.